The van der Waals surface area contributed by atoms with Crippen molar-refractivity contribution in [3.05, 3.63) is 65.2 Å². The Morgan fingerprint density at radius 1 is 1.30 bits per heavy atom. The van der Waals surface area contributed by atoms with Crippen LogP contribution in [-0.2, 0) is 20.9 Å². The van der Waals surface area contributed by atoms with Gasteiger partial charge in [0.05, 0.1) is 0 Å². The van der Waals surface area contributed by atoms with E-state index in [-0.39, 0.29) is 37.1 Å². The highest BCUT2D eigenvalue weighted by molar-refractivity contribution is 6.07. The Kier molecular flexibility index (Phi) is 6.66. The smallest absolute Gasteiger partial charge is 0.255 e. The maximum Gasteiger partial charge on any atom is 0.255 e. The minimum Gasteiger partial charge on any atom is -0.388 e. The van der Waals surface area contributed by atoms with Gasteiger partial charge < -0.3 is 15.5 Å². The van der Waals surface area contributed by atoms with E-state index in [4.69, 9.17) is 0 Å². The third kappa shape index (κ3) is 4.59. The first-order valence-corrected chi connectivity index (χ1v) is 9.81. The van der Waals surface area contributed by atoms with E-state index < -0.39 is 11.9 Å². The van der Waals surface area contributed by atoms with Gasteiger partial charge in [-0.05, 0) is 37.1 Å². The molecule has 7 nitrogen and oxygen atoms in total. The first-order chi connectivity index (χ1) is 14.4. The maximum absolute atomic E-state index is 14.2. The van der Waals surface area contributed by atoms with E-state index in [1.807, 2.05) is 6.92 Å². The summed E-state index contributed by atoms with van der Waals surface area (Å²) in [7, 11) is 1.72. The fraction of sp³-hybridized carbons (Fsp3) is 0.318. The molecule has 0 aromatic heterocycles. The third-order valence-electron chi connectivity index (χ3n) is 5.13. The van der Waals surface area contributed by atoms with Crippen molar-refractivity contribution in [2.75, 3.05) is 18.9 Å². The van der Waals surface area contributed by atoms with Gasteiger partial charge in [-0.2, -0.15) is 0 Å². The van der Waals surface area contributed by atoms with E-state index in [0.717, 1.165) is 0 Å². The van der Waals surface area contributed by atoms with Gasteiger partial charge in [0.25, 0.3) is 5.91 Å². The summed E-state index contributed by atoms with van der Waals surface area (Å²) in [6, 6.07) is 4.22. The quantitative estimate of drug-likeness (QED) is 0.491. The van der Waals surface area contributed by atoms with Gasteiger partial charge in [-0.25, -0.2) is 4.39 Å². The lowest BCUT2D eigenvalue weighted by Crippen LogP contribution is -2.52. The normalized spacial score (nSPS) is 22.3. The van der Waals surface area contributed by atoms with Crippen LogP contribution in [0.3, 0.4) is 0 Å². The zero-order chi connectivity index (χ0) is 21.7. The summed E-state index contributed by atoms with van der Waals surface area (Å²) in [5, 5.41) is 8.25. The number of hydrogen-bond donors (Lipinski definition) is 3. The Labute approximate surface area is 174 Å². The summed E-state index contributed by atoms with van der Waals surface area (Å²) in [4.78, 5) is 38.0. The largest absolute Gasteiger partial charge is 0.388 e. The zero-order valence-electron chi connectivity index (χ0n) is 17.0. The highest BCUT2D eigenvalue weighted by atomic mass is 19.1. The Hall–Kier alpha value is -3.42. The molecule has 0 spiro atoms. The van der Waals surface area contributed by atoms with E-state index in [1.165, 1.54) is 11.0 Å². The molecule has 0 saturated carbocycles. The van der Waals surface area contributed by atoms with Crippen molar-refractivity contribution < 1.29 is 18.8 Å². The molecule has 30 heavy (non-hydrogen) atoms. The van der Waals surface area contributed by atoms with Crippen LogP contribution in [-0.4, -0.2) is 42.3 Å². The molecule has 2 saturated heterocycles. The third-order valence-corrected chi connectivity index (χ3v) is 5.13. The molecular weight excluding hydrogens is 387 g/mol. The number of carbonyl (C=O) groups excluding carboxylic acids is 3. The van der Waals surface area contributed by atoms with Gasteiger partial charge in [-0.15, -0.1) is 0 Å². The molecule has 1 aromatic carbocycles. The number of halogens is 1. The van der Waals surface area contributed by atoms with Crippen molar-refractivity contribution in [1.29, 1.82) is 0 Å². The Bertz CT molecular complexity index is 952. The molecule has 2 fully saturated rings. The molecule has 1 atom stereocenters. The molecule has 0 aliphatic carbocycles. The van der Waals surface area contributed by atoms with Gasteiger partial charge >= 0.3 is 0 Å². The number of imide groups is 1. The van der Waals surface area contributed by atoms with Crippen LogP contribution in [0.25, 0.3) is 0 Å². The molecule has 2 heterocycles. The van der Waals surface area contributed by atoms with Gasteiger partial charge in [0.15, 0.2) is 0 Å². The molecule has 2 aliphatic heterocycles. The molecule has 2 aliphatic rings. The summed E-state index contributed by atoms with van der Waals surface area (Å²) >= 11 is 0. The van der Waals surface area contributed by atoms with Crippen molar-refractivity contribution in [3.63, 3.8) is 0 Å². The van der Waals surface area contributed by atoms with Gasteiger partial charge in [-0.1, -0.05) is 18.2 Å². The monoisotopic (exact) mass is 412 g/mol. The van der Waals surface area contributed by atoms with E-state index in [0.29, 0.717) is 28.8 Å². The second kappa shape index (κ2) is 9.39. The molecule has 8 heteroatoms. The number of nitrogens with one attached hydrogen (secondary N) is 3. The highest BCUT2D eigenvalue weighted by Gasteiger charge is 2.40. The number of nitrogens with zero attached hydrogens (tertiary/aromatic N) is 1. The number of carbonyl (C=O) groups is 3. The van der Waals surface area contributed by atoms with Crippen LogP contribution in [0.5, 0.6) is 0 Å². The van der Waals surface area contributed by atoms with Crippen LogP contribution in [0.1, 0.15) is 25.3 Å². The van der Waals surface area contributed by atoms with Crippen molar-refractivity contribution >= 4 is 23.4 Å². The summed E-state index contributed by atoms with van der Waals surface area (Å²) in [5.41, 5.74) is 2.36. The molecule has 158 valence electrons. The van der Waals surface area contributed by atoms with Crippen molar-refractivity contribution in [2.24, 2.45) is 0 Å². The van der Waals surface area contributed by atoms with Crippen LogP contribution in [0.15, 0.2) is 53.8 Å². The van der Waals surface area contributed by atoms with Crippen molar-refractivity contribution in [3.8, 4) is 0 Å². The minimum absolute atomic E-state index is 0.202. The van der Waals surface area contributed by atoms with Crippen molar-refractivity contribution in [1.82, 2.24) is 15.5 Å². The molecule has 3 N–H and O–H groups in total. The lowest BCUT2D eigenvalue weighted by molar-refractivity contribution is -0.142. The maximum atomic E-state index is 14.2. The van der Waals surface area contributed by atoms with Crippen LogP contribution in [0.4, 0.5) is 10.1 Å². The molecule has 3 amide bonds. The molecule has 0 bridgehead atoms. The fourth-order valence-electron chi connectivity index (χ4n) is 3.49. The summed E-state index contributed by atoms with van der Waals surface area (Å²) in [5.74, 6) is -1.37. The fourth-order valence-corrected chi connectivity index (χ4v) is 3.49. The van der Waals surface area contributed by atoms with Crippen molar-refractivity contribution in [2.45, 2.75) is 32.4 Å². The number of hydrogen-bond acceptors (Lipinski definition) is 5. The first kappa shape index (κ1) is 21.3. The first-order valence-electron chi connectivity index (χ1n) is 9.81. The van der Waals surface area contributed by atoms with Gasteiger partial charge in [0.1, 0.15) is 11.9 Å². The summed E-state index contributed by atoms with van der Waals surface area (Å²) < 4.78 is 14.2. The van der Waals surface area contributed by atoms with Gasteiger partial charge in [0, 0.05) is 49.6 Å². The van der Waals surface area contributed by atoms with Crippen LogP contribution < -0.4 is 16.0 Å². The van der Waals surface area contributed by atoms with Gasteiger partial charge in [-0.3, -0.25) is 19.7 Å². The molecule has 3 rings (SSSR count). The Morgan fingerprint density at radius 3 is 2.77 bits per heavy atom. The Balaban J connectivity index is 1.77. The standard InChI is InChI=1S/C22H25FN4O3/c1-3-4-5-17-15(12-25-11-14-6-7-16(24-2)10-18(14)23)13-27(22(17)30)19-8-9-20(28)26-21(19)29/h3-7,10,12,19,24-25H,8-9,11,13H2,1-2H3,(H,26,28,29)/b4-3-,15-12+,17-5+. The predicted molar refractivity (Wildman–Crippen MR) is 112 cm³/mol. The SMILES string of the molecule is C\C=C/C=C1/C(=O)N(C2CCC(=O)NC2=O)C/C1=C\NCc1ccc(NC)cc1F. The molecule has 1 aromatic rings. The lowest BCUT2D eigenvalue weighted by atomic mass is 10.0. The number of anilines is 1. The predicted octanol–water partition coefficient (Wildman–Crippen LogP) is 1.99. The Morgan fingerprint density at radius 2 is 2.10 bits per heavy atom. The number of benzene rings is 1. The van der Waals surface area contributed by atoms with Crippen LogP contribution >= 0.6 is 0 Å². The van der Waals surface area contributed by atoms with Gasteiger partial charge in [0.2, 0.25) is 11.8 Å². The minimum atomic E-state index is -0.679. The average Bonchev–Trinajstić information content (AvgIpc) is 3.02. The van der Waals surface area contributed by atoms with E-state index in [9.17, 15) is 18.8 Å². The highest BCUT2D eigenvalue weighted by Crippen LogP contribution is 2.28. The zero-order valence-corrected chi connectivity index (χ0v) is 17.0. The van der Waals surface area contributed by atoms with E-state index in [1.54, 1.807) is 43.6 Å². The summed E-state index contributed by atoms with van der Waals surface area (Å²) in [6.45, 7) is 2.33. The van der Waals surface area contributed by atoms with Crippen LogP contribution in [0, 0.1) is 5.82 Å². The summed E-state index contributed by atoms with van der Waals surface area (Å²) in [6.07, 6.45) is 7.45. The van der Waals surface area contributed by atoms with E-state index >= 15 is 0 Å². The second-order valence-corrected chi connectivity index (χ2v) is 7.11. The number of piperidine rings is 1. The topological polar surface area (TPSA) is 90.5 Å². The number of allylic oxidation sites excluding steroid dienone is 3. The lowest BCUT2D eigenvalue weighted by Gasteiger charge is -2.28. The number of likely N-dealkylation sites (tertiary alicyclic amines) is 1. The number of rotatable bonds is 6. The average molecular weight is 412 g/mol. The number of amides is 3. The van der Waals surface area contributed by atoms with Crippen LogP contribution in [0.2, 0.25) is 0 Å². The second-order valence-electron chi connectivity index (χ2n) is 7.11. The molecule has 0 radical (unpaired) electrons. The van der Waals surface area contributed by atoms with E-state index in [2.05, 4.69) is 16.0 Å². The molecular formula is C22H25FN4O3. The molecule has 1 unspecified atom stereocenters.